The number of rotatable bonds is 7. The monoisotopic (exact) mass is 267 g/mol. The zero-order valence-electron chi connectivity index (χ0n) is 11.9. The first-order chi connectivity index (χ1) is 8.49. The summed E-state index contributed by atoms with van der Waals surface area (Å²) in [6, 6.07) is 9.14. The molecule has 0 aromatic heterocycles. The van der Waals surface area contributed by atoms with Crippen LogP contribution in [0.1, 0.15) is 31.4 Å². The van der Waals surface area contributed by atoms with Crippen molar-refractivity contribution in [1.29, 1.82) is 0 Å². The van der Waals surface area contributed by atoms with Crippen molar-refractivity contribution < 1.29 is 4.21 Å². The molecule has 0 saturated heterocycles. The van der Waals surface area contributed by atoms with E-state index in [1.165, 1.54) is 11.1 Å². The summed E-state index contributed by atoms with van der Waals surface area (Å²) in [7, 11) is -0.732. The van der Waals surface area contributed by atoms with Crippen molar-refractivity contribution in [2.24, 2.45) is 0 Å². The molecule has 0 heterocycles. The van der Waals surface area contributed by atoms with Gasteiger partial charge in [0, 0.05) is 34.9 Å². The van der Waals surface area contributed by atoms with Crippen LogP contribution in [-0.4, -0.2) is 28.3 Å². The van der Waals surface area contributed by atoms with E-state index in [2.05, 4.69) is 43.4 Å². The fourth-order valence-corrected chi connectivity index (χ4v) is 2.17. The number of nitrogens with one attached hydrogen (secondary N) is 1. The molecule has 0 bridgehead atoms. The Labute approximate surface area is 114 Å². The molecule has 1 rings (SSSR count). The predicted octanol–water partition coefficient (Wildman–Crippen LogP) is 2.67. The van der Waals surface area contributed by atoms with Crippen LogP contribution in [0.4, 0.5) is 0 Å². The van der Waals surface area contributed by atoms with E-state index in [4.69, 9.17) is 0 Å². The average Bonchev–Trinajstić information content (AvgIpc) is 2.33. The Morgan fingerprint density at radius 1 is 1.33 bits per heavy atom. The Morgan fingerprint density at radius 3 is 2.67 bits per heavy atom. The minimum Gasteiger partial charge on any atom is -0.313 e. The molecule has 3 atom stereocenters. The quantitative estimate of drug-likeness (QED) is 0.823. The fourth-order valence-electron chi connectivity index (χ4n) is 1.84. The van der Waals surface area contributed by atoms with Gasteiger partial charge in [-0.3, -0.25) is 4.21 Å². The molecular weight excluding hydrogens is 242 g/mol. The smallest absolute Gasteiger partial charge is 0.0441 e. The second-order valence-corrected chi connectivity index (χ2v) is 6.95. The van der Waals surface area contributed by atoms with Gasteiger partial charge in [0.1, 0.15) is 0 Å². The lowest BCUT2D eigenvalue weighted by Gasteiger charge is -2.16. The largest absolute Gasteiger partial charge is 0.313 e. The summed E-state index contributed by atoms with van der Waals surface area (Å²) in [4.78, 5) is 0. The van der Waals surface area contributed by atoms with Crippen LogP contribution in [-0.2, 0) is 17.2 Å². The maximum Gasteiger partial charge on any atom is 0.0441 e. The van der Waals surface area contributed by atoms with E-state index in [0.29, 0.717) is 6.04 Å². The summed E-state index contributed by atoms with van der Waals surface area (Å²) in [5, 5.41) is 3.68. The predicted molar refractivity (Wildman–Crippen MR) is 80.5 cm³/mol. The molecule has 0 saturated carbocycles. The Morgan fingerprint density at radius 2 is 2.06 bits per heavy atom. The van der Waals surface area contributed by atoms with E-state index in [9.17, 15) is 4.21 Å². The van der Waals surface area contributed by atoms with E-state index in [0.717, 1.165) is 19.4 Å². The SMILES string of the molecule is Cc1cccc(CCC(C)NCC(C)S(C)=O)c1. The molecule has 0 aliphatic carbocycles. The van der Waals surface area contributed by atoms with Gasteiger partial charge in [0.2, 0.25) is 0 Å². The fraction of sp³-hybridized carbons (Fsp3) is 0.600. The van der Waals surface area contributed by atoms with Gasteiger partial charge < -0.3 is 5.32 Å². The van der Waals surface area contributed by atoms with Crippen molar-refractivity contribution in [3.63, 3.8) is 0 Å². The third-order valence-electron chi connectivity index (χ3n) is 3.27. The van der Waals surface area contributed by atoms with Crippen molar-refractivity contribution in [2.45, 2.75) is 44.9 Å². The standard InChI is InChI=1S/C15H25NOS/c1-12-6-5-7-15(10-12)9-8-13(2)16-11-14(3)18(4)17/h5-7,10,13-14,16H,8-9,11H2,1-4H3. The highest BCUT2D eigenvalue weighted by molar-refractivity contribution is 7.84. The number of hydrogen-bond acceptors (Lipinski definition) is 2. The highest BCUT2D eigenvalue weighted by Gasteiger charge is 2.08. The lowest BCUT2D eigenvalue weighted by molar-refractivity contribution is 0.514. The average molecular weight is 267 g/mol. The van der Waals surface area contributed by atoms with Gasteiger partial charge in [-0.2, -0.15) is 0 Å². The van der Waals surface area contributed by atoms with Gasteiger partial charge in [0.25, 0.3) is 0 Å². The molecule has 2 nitrogen and oxygen atoms in total. The molecule has 0 fully saturated rings. The molecule has 3 unspecified atom stereocenters. The van der Waals surface area contributed by atoms with Crippen LogP contribution < -0.4 is 5.32 Å². The molecule has 1 aromatic rings. The molecule has 0 amide bonds. The lowest BCUT2D eigenvalue weighted by atomic mass is 10.0. The van der Waals surface area contributed by atoms with E-state index < -0.39 is 10.8 Å². The third kappa shape index (κ3) is 5.78. The van der Waals surface area contributed by atoms with Crippen molar-refractivity contribution in [1.82, 2.24) is 5.32 Å². The number of hydrogen-bond donors (Lipinski definition) is 1. The molecule has 1 aromatic carbocycles. The lowest BCUT2D eigenvalue weighted by Crippen LogP contribution is -2.34. The normalized spacial score (nSPS) is 16.2. The van der Waals surface area contributed by atoms with Gasteiger partial charge in [-0.05, 0) is 39.2 Å². The highest BCUT2D eigenvalue weighted by atomic mass is 32.2. The molecule has 0 spiro atoms. The first-order valence-electron chi connectivity index (χ1n) is 6.60. The second kappa shape index (κ2) is 7.70. The highest BCUT2D eigenvalue weighted by Crippen LogP contribution is 2.08. The first kappa shape index (κ1) is 15.4. The Hall–Kier alpha value is -0.670. The minimum atomic E-state index is -0.732. The van der Waals surface area contributed by atoms with Crippen molar-refractivity contribution in [3.05, 3.63) is 35.4 Å². The van der Waals surface area contributed by atoms with E-state index in [1.807, 2.05) is 6.92 Å². The third-order valence-corrected chi connectivity index (χ3v) is 4.57. The van der Waals surface area contributed by atoms with Gasteiger partial charge in [0.15, 0.2) is 0 Å². The Balaban J connectivity index is 2.29. The van der Waals surface area contributed by atoms with Gasteiger partial charge in [-0.25, -0.2) is 0 Å². The Kier molecular flexibility index (Phi) is 6.58. The van der Waals surface area contributed by atoms with E-state index >= 15 is 0 Å². The van der Waals surface area contributed by atoms with Crippen LogP contribution in [0.2, 0.25) is 0 Å². The molecular formula is C15H25NOS. The minimum absolute atomic E-state index is 0.228. The molecule has 1 N–H and O–H groups in total. The Bertz CT molecular complexity index is 392. The van der Waals surface area contributed by atoms with Crippen molar-refractivity contribution in [3.8, 4) is 0 Å². The van der Waals surface area contributed by atoms with Crippen molar-refractivity contribution in [2.75, 3.05) is 12.8 Å². The van der Waals surface area contributed by atoms with Gasteiger partial charge >= 0.3 is 0 Å². The maximum absolute atomic E-state index is 11.2. The summed E-state index contributed by atoms with van der Waals surface area (Å²) in [5.74, 6) is 0. The van der Waals surface area contributed by atoms with Crippen LogP contribution >= 0.6 is 0 Å². The zero-order valence-corrected chi connectivity index (χ0v) is 12.7. The zero-order chi connectivity index (χ0) is 13.5. The van der Waals surface area contributed by atoms with Crippen LogP contribution in [0.5, 0.6) is 0 Å². The molecule has 0 radical (unpaired) electrons. The van der Waals surface area contributed by atoms with Gasteiger partial charge in [-0.15, -0.1) is 0 Å². The molecule has 3 heteroatoms. The molecule has 18 heavy (non-hydrogen) atoms. The van der Waals surface area contributed by atoms with Crippen LogP contribution in [0.3, 0.4) is 0 Å². The summed E-state index contributed by atoms with van der Waals surface area (Å²) in [5.41, 5.74) is 2.72. The topological polar surface area (TPSA) is 29.1 Å². The molecule has 102 valence electrons. The van der Waals surface area contributed by atoms with E-state index in [1.54, 1.807) is 6.26 Å². The number of aryl methyl sites for hydroxylation is 2. The molecule has 0 aliphatic heterocycles. The first-order valence-corrected chi connectivity index (χ1v) is 8.22. The summed E-state index contributed by atoms with van der Waals surface area (Å²) in [6.07, 6.45) is 3.98. The molecule has 0 aliphatic rings. The van der Waals surface area contributed by atoms with Crippen LogP contribution in [0.25, 0.3) is 0 Å². The van der Waals surface area contributed by atoms with Gasteiger partial charge in [-0.1, -0.05) is 29.8 Å². The second-order valence-electron chi connectivity index (χ2n) is 5.15. The number of benzene rings is 1. The maximum atomic E-state index is 11.2. The summed E-state index contributed by atoms with van der Waals surface area (Å²) >= 11 is 0. The van der Waals surface area contributed by atoms with Crippen LogP contribution in [0.15, 0.2) is 24.3 Å². The van der Waals surface area contributed by atoms with Crippen LogP contribution in [0, 0.1) is 6.92 Å². The van der Waals surface area contributed by atoms with Gasteiger partial charge in [0.05, 0.1) is 0 Å². The van der Waals surface area contributed by atoms with E-state index in [-0.39, 0.29) is 5.25 Å². The summed E-state index contributed by atoms with van der Waals surface area (Å²) in [6.45, 7) is 7.18. The van der Waals surface area contributed by atoms with Crippen molar-refractivity contribution >= 4 is 10.8 Å². The summed E-state index contributed by atoms with van der Waals surface area (Å²) < 4.78 is 11.2.